The minimum atomic E-state index is 1.05. The van der Waals surface area contributed by atoms with E-state index in [9.17, 15) is 0 Å². The summed E-state index contributed by atoms with van der Waals surface area (Å²) >= 11 is 0. The van der Waals surface area contributed by atoms with Gasteiger partial charge < -0.3 is 4.98 Å². The van der Waals surface area contributed by atoms with Gasteiger partial charge in [0.25, 0.3) is 0 Å². The molecule has 1 nitrogen and oxygen atoms in total. The van der Waals surface area contributed by atoms with Gasteiger partial charge in [0.1, 0.15) is 0 Å². The number of hydrogen-bond donors (Lipinski definition) is 1. The Morgan fingerprint density at radius 1 is 1.15 bits per heavy atom. The van der Waals surface area contributed by atoms with Crippen LogP contribution in [0.2, 0.25) is 0 Å². The van der Waals surface area contributed by atoms with Crippen LogP contribution < -0.4 is 0 Å². The molecule has 0 saturated carbocycles. The lowest BCUT2D eigenvalue weighted by Gasteiger charge is -1.71. The highest BCUT2D eigenvalue weighted by molar-refractivity contribution is 4.93. The van der Waals surface area contributed by atoms with Gasteiger partial charge in [-0.25, -0.2) is 0 Å². The quantitative estimate of drug-likeness (QED) is 0.630. The molecule has 74 valence electrons. The molecule has 0 atom stereocenters. The fourth-order valence-electron chi connectivity index (χ4n) is 0.528. The van der Waals surface area contributed by atoms with Gasteiger partial charge in [0, 0.05) is 18.8 Å². The lowest BCUT2D eigenvalue weighted by Crippen LogP contribution is -1.56. The van der Waals surface area contributed by atoms with Crippen molar-refractivity contribution in [2.24, 2.45) is 0 Å². The maximum atomic E-state index is 2.95. The van der Waals surface area contributed by atoms with Crippen molar-refractivity contribution >= 4 is 0 Å². The summed E-state index contributed by atoms with van der Waals surface area (Å²) in [4.78, 5) is 2.86. The van der Waals surface area contributed by atoms with Gasteiger partial charge in [-0.3, -0.25) is 0 Å². The van der Waals surface area contributed by atoms with Gasteiger partial charge in [-0.05, 0) is 25.5 Å². The third-order valence-corrected chi connectivity index (χ3v) is 1.05. The minimum absolute atomic E-state index is 1.05. The maximum absolute atomic E-state index is 2.95. The first-order valence-corrected chi connectivity index (χ1v) is 4.89. The fourth-order valence-corrected chi connectivity index (χ4v) is 0.528. The van der Waals surface area contributed by atoms with E-state index in [0.29, 0.717) is 0 Å². The molecule has 0 aliphatic carbocycles. The van der Waals surface area contributed by atoms with Gasteiger partial charge in [0.15, 0.2) is 0 Å². The second-order valence-electron chi connectivity index (χ2n) is 2.06. The largest absolute Gasteiger partial charge is 0.368 e. The SMILES string of the molecule is CC.CC#CCCC.c1cc[nH]c1. The van der Waals surface area contributed by atoms with E-state index in [4.69, 9.17) is 0 Å². The van der Waals surface area contributed by atoms with E-state index in [2.05, 4.69) is 23.7 Å². The van der Waals surface area contributed by atoms with Crippen molar-refractivity contribution < 1.29 is 0 Å². The Morgan fingerprint density at radius 3 is 1.85 bits per heavy atom. The highest BCUT2D eigenvalue weighted by Gasteiger charge is 1.63. The first-order valence-electron chi connectivity index (χ1n) is 4.89. The molecule has 0 radical (unpaired) electrons. The molecule has 1 heteroatoms. The van der Waals surface area contributed by atoms with Gasteiger partial charge >= 0.3 is 0 Å². The molecule has 0 saturated heterocycles. The van der Waals surface area contributed by atoms with Crippen LogP contribution in [0.3, 0.4) is 0 Å². The molecule has 1 aromatic rings. The Hall–Kier alpha value is -1.16. The van der Waals surface area contributed by atoms with Crippen LogP contribution in [-0.4, -0.2) is 4.98 Å². The molecule has 0 aliphatic heterocycles. The zero-order chi connectivity index (χ0) is 10.4. The molecule has 0 aliphatic rings. The predicted octanol–water partition coefficient (Wildman–Crippen LogP) is 3.85. The van der Waals surface area contributed by atoms with Crippen LogP contribution in [0.4, 0.5) is 0 Å². The van der Waals surface area contributed by atoms with Gasteiger partial charge in [-0.2, -0.15) is 0 Å². The second kappa shape index (κ2) is 17.1. The second-order valence-corrected chi connectivity index (χ2v) is 2.06. The first kappa shape index (κ1) is 14.4. The first-order chi connectivity index (χ1) is 6.41. The Kier molecular flexibility index (Phi) is 18.9. The van der Waals surface area contributed by atoms with Crippen molar-refractivity contribution in [2.75, 3.05) is 0 Å². The number of H-pyrrole nitrogens is 1. The number of hydrogen-bond acceptors (Lipinski definition) is 0. The molecule has 1 rings (SSSR count). The van der Waals surface area contributed by atoms with Crippen LogP contribution >= 0.6 is 0 Å². The number of aromatic amines is 1. The van der Waals surface area contributed by atoms with Crippen LogP contribution in [-0.2, 0) is 0 Å². The topological polar surface area (TPSA) is 15.8 Å². The smallest absolute Gasteiger partial charge is 0.00859 e. The Balaban J connectivity index is 0. The predicted molar refractivity (Wildman–Crippen MR) is 60.5 cm³/mol. The summed E-state index contributed by atoms with van der Waals surface area (Å²) in [6.45, 7) is 8.00. The Morgan fingerprint density at radius 2 is 1.69 bits per heavy atom. The zero-order valence-corrected chi connectivity index (χ0v) is 9.22. The van der Waals surface area contributed by atoms with Crippen LogP contribution in [0.25, 0.3) is 0 Å². The number of rotatable bonds is 1. The summed E-state index contributed by atoms with van der Waals surface area (Å²) in [5.74, 6) is 5.77. The molecule has 0 unspecified atom stereocenters. The monoisotopic (exact) mass is 179 g/mol. The highest BCUT2D eigenvalue weighted by Crippen LogP contribution is 1.79. The third kappa shape index (κ3) is 18.1. The normalized spacial score (nSPS) is 6.46. The summed E-state index contributed by atoms with van der Waals surface area (Å²) in [5.41, 5.74) is 0. The van der Waals surface area contributed by atoms with Crippen LogP contribution in [0.1, 0.15) is 40.5 Å². The van der Waals surface area contributed by atoms with E-state index in [0.717, 1.165) is 6.42 Å². The van der Waals surface area contributed by atoms with Crippen molar-refractivity contribution in [1.29, 1.82) is 0 Å². The van der Waals surface area contributed by atoms with Crippen LogP contribution in [0.15, 0.2) is 24.5 Å². The molecule has 1 aromatic heterocycles. The van der Waals surface area contributed by atoms with Gasteiger partial charge in [-0.15, -0.1) is 11.8 Å². The lowest BCUT2D eigenvalue weighted by atomic mass is 10.3. The van der Waals surface area contributed by atoms with Gasteiger partial charge in [0.2, 0.25) is 0 Å². The molecular formula is C12H21N. The fraction of sp³-hybridized carbons (Fsp3) is 0.500. The van der Waals surface area contributed by atoms with Gasteiger partial charge in [-0.1, -0.05) is 20.8 Å². The molecule has 0 amide bonds. The molecule has 0 bridgehead atoms. The van der Waals surface area contributed by atoms with Crippen LogP contribution in [0, 0.1) is 11.8 Å². The average Bonchev–Trinajstić information content (AvgIpc) is 2.76. The summed E-state index contributed by atoms with van der Waals surface area (Å²) in [5, 5.41) is 0. The number of unbranched alkanes of at least 4 members (excludes halogenated alkanes) is 1. The van der Waals surface area contributed by atoms with Crippen molar-refractivity contribution in [1.82, 2.24) is 4.98 Å². The standard InChI is InChI=1S/C6H10.C4H5N.C2H6/c1-3-5-6-4-2;1-2-4-5-3-1;1-2/h3,5H2,1-2H3;1-5H;1-2H3. The molecule has 0 aromatic carbocycles. The minimum Gasteiger partial charge on any atom is -0.368 e. The third-order valence-electron chi connectivity index (χ3n) is 1.05. The molecule has 0 spiro atoms. The molecular weight excluding hydrogens is 158 g/mol. The van der Waals surface area contributed by atoms with E-state index in [1.54, 1.807) is 0 Å². The van der Waals surface area contributed by atoms with E-state index < -0.39 is 0 Å². The summed E-state index contributed by atoms with van der Waals surface area (Å²) in [7, 11) is 0. The van der Waals surface area contributed by atoms with Crippen molar-refractivity contribution in [3.8, 4) is 11.8 Å². The lowest BCUT2D eigenvalue weighted by molar-refractivity contribution is 0.983. The van der Waals surface area contributed by atoms with E-state index in [1.165, 1.54) is 6.42 Å². The summed E-state index contributed by atoms with van der Waals surface area (Å²) in [6, 6.07) is 3.89. The van der Waals surface area contributed by atoms with E-state index >= 15 is 0 Å². The van der Waals surface area contributed by atoms with Gasteiger partial charge in [0.05, 0.1) is 0 Å². The van der Waals surface area contributed by atoms with Crippen LogP contribution in [0.5, 0.6) is 0 Å². The summed E-state index contributed by atoms with van der Waals surface area (Å²) in [6.07, 6.45) is 5.98. The average molecular weight is 179 g/mol. The van der Waals surface area contributed by atoms with E-state index in [-0.39, 0.29) is 0 Å². The molecule has 1 heterocycles. The van der Waals surface area contributed by atoms with E-state index in [1.807, 2.05) is 45.3 Å². The molecule has 0 fully saturated rings. The number of nitrogens with one attached hydrogen (secondary N) is 1. The zero-order valence-electron chi connectivity index (χ0n) is 9.22. The molecule has 1 N–H and O–H groups in total. The van der Waals surface area contributed by atoms with Crippen molar-refractivity contribution in [3.63, 3.8) is 0 Å². The van der Waals surface area contributed by atoms with Crippen molar-refractivity contribution in [3.05, 3.63) is 24.5 Å². The summed E-state index contributed by atoms with van der Waals surface area (Å²) < 4.78 is 0. The Bertz CT molecular complexity index is 171. The molecule has 13 heavy (non-hydrogen) atoms. The number of aromatic nitrogens is 1. The maximum Gasteiger partial charge on any atom is 0.00859 e. The van der Waals surface area contributed by atoms with Crippen molar-refractivity contribution in [2.45, 2.75) is 40.5 Å². The highest BCUT2D eigenvalue weighted by atomic mass is 14.6. The Labute approximate surface area is 82.6 Å².